The summed E-state index contributed by atoms with van der Waals surface area (Å²) >= 11 is 0. The van der Waals surface area contributed by atoms with Gasteiger partial charge in [-0.3, -0.25) is 0 Å². The lowest BCUT2D eigenvalue weighted by Gasteiger charge is -2.42. The number of nitrogens with zero attached hydrogens (tertiary/aromatic N) is 1. The molecule has 1 fully saturated rings. The second-order valence-electron chi connectivity index (χ2n) is 4.55. The molecule has 0 amide bonds. The highest BCUT2D eigenvalue weighted by Gasteiger charge is 2.25. The van der Waals surface area contributed by atoms with E-state index in [0.29, 0.717) is 12.1 Å². The first-order valence-corrected chi connectivity index (χ1v) is 5.75. The molecule has 1 N–H and O–H groups in total. The van der Waals surface area contributed by atoms with Crippen LogP contribution in [0.25, 0.3) is 0 Å². The molecule has 0 bridgehead atoms. The van der Waals surface area contributed by atoms with Gasteiger partial charge in [0.25, 0.3) is 0 Å². The van der Waals surface area contributed by atoms with Crippen molar-refractivity contribution in [2.45, 2.75) is 32.9 Å². The van der Waals surface area contributed by atoms with Gasteiger partial charge in [0.15, 0.2) is 0 Å². The lowest BCUT2D eigenvalue weighted by molar-refractivity contribution is 0.431. The van der Waals surface area contributed by atoms with E-state index in [2.05, 4.69) is 55.3 Å². The Hall–Kier alpha value is -1.02. The molecule has 0 aliphatic carbocycles. The van der Waals surface area contributed by atoms with E-state index in [1.54, 1.807) is 0 Å². The van der Waals surface area contributed by atoms with Crippen LogP contribution >= 0.6 is 0 Å². The molecule has 2 atom stereocenters. The summed E-state index contributed by atoms with van der Waals surface area (Å²) in [5.74, 6) is 0. The van der Waals surface area contributed by atoms with Crippen molar-refractivity contribution in [2.75, 3.05) is 18.0 Å². The highest BCUT2D eigenvalue weighted by Crippen LogP contribution is 2.25. The molecular formula is C13H20N2. The summed E-state index contributed by atoms with van der Waals surface area (Å²) in [5.41, 5.74) is 2.76. The Bertz CT molecular complexity index is 325. The van der Waals surface area contributed by atoms with Gasteiger partial charge >= 0.3 is 0 Å². The van der Waals surface area contributed by atoms with E-state index in [4.69, 9.17) is 0 Å². The van der Waals surface area contributed by atoms with Crippen LogP contribution in [0.2, 0.25) is 0 Å². The van der Waals surface area contributed by atoms with Crippen molar-refractivity contribution in [3.8, 4) is 0 Å². The van der Waals surface area contributed by atoms with E-state index in [0.717, 1.165) is 13.1 Å². The standard InChI is InChI=1S/C13H20N2/c1-10-6-4-5-7-13(10)15-11(2)8-14-9-12(15)3/h4-7,11-12,14H,8-9H2,1-3H3/t11-,12-/m1/s1. The van der Waals surface area contributed by atoms with E-state index in [1.165, 1.54) is 11.3 Å². The predicted octanol–water partition coefficient (Wildman–Crippen LogP) is 2.18. The lowest BCUT2D eigenvalue weighted by atomic mass is 10.1. The van der Waals surface area contributed by atoms with E-state index >= 15 is 0 Å². The highest BCUT2D eigenvalue weighted by atomic mass is 15.2. The number of aryl methyl sites for hydroxylation is 1. The molecule has 0 saturated carbocycles. The largest absolute Gasteiger partial charge is 0.363 e. The maximum atomic E-state index is 3.46. The number of anilines is 1. The Labute approximate surface area is 92.3 Å². The topological polar surface area (TPSA) is 15.3 Å². The van der Waals surface area contributed by atoms with Gasteiger partial charge in [-0.15, -0.1) is 0 Å². The van der Waals surface area contributed by atoms with Crippen molar-refractivity contribution in [2.24, 2.45) is 0 Å². The van der Waals surface area contributed by atoms with Crippen LogP contribution in [0.4, 0.5) is 5.69 Å². The van der Waals surface area contributed by atoms with Crippen molar-refractivity contribution in [1.29, 1.82) is 0 Å². The van der Waals surface area contributed by atoms with E-state index in [-0.39, 0.29) is 0 Å². The quantitative estimate of drug-likeness (QED) is 0.754. The summed E-state index contributed by atoms with van der Waals surface area (Å²) in [6, 6.07) is 9.81. The van der Waals surface area contributed by atoms with Crippen LogP contribution in [0.5, 0.6) is 0 Å². The highest BCUT2D eigenvalue weighted by molar-refractivity contribution is 5.55. The molecule has 0 unspecified atom stereocenters. The molecule has 2 heteroatoms. The summed E-state index contributed by atoms with van der Waals surface area (Å²) in [5, 5.41) is 3.46. The maximum Gasteiger partial charge on any atom is 0.0401 e. The third kappa shape index (κ3) is 2.00. The minimum atomic E-state index is 0.579. The molecule has 82 valence electrons. The normalized spacial score (nSPS) is 26.7. The van der Waals surface area contributed by atoms with Crippen LogP contribution < -0.4 is 10.2 Å². The first kappa shape index (κ1) is 10.5. The number of nitrogens with one attached hydrogen (secondary N) is 1. The number of rotatable bonds is 1. The minimum absolute atomic E-state index is 0.579. The fourth-order valence-electron chi connectivity index (χ4n) is 2.46. The molecule has 1 heterocycles. The second kappa shape index (κ2) is 4.23. The summed E-state index contributed by atoms with van der Waals surface area (Å²) in [6.07, 6.45) is 0. The van der Waals surface area contributed by atoms with Crippen molar-refractivity contribution >= 4 is 5.69 Å². The number of hydrogen-bond donors (Lipinski definition) is 1. The molecule has 1 aliphatic heterocycles. The molecule has 1 aliphatic rings. The lowest BCUT2D eigenvalue weighted by Crippen LogP contribution is -2.55. The molecule has 0 radical (unpaired) electrons. The third-order valence-corrected chi connectivity index (χ3v) is 3.22. The zero-order chi connectivity index (χ0) is 10.8. The Balaban J connectivity index is 2.31. The van der Waals surface area contributed by atoms with E-state index in [9.17, 15) is 0 Å². The summed E-state index contributed by atoms with van der Waals surface area (Å²) in [4.78, 5) is 2.53. The van der Waals surface area contributed by atoms with Gasteiger partial charge in [0, 0.05) is 30.9 Å². The van der Waals surface area contributed by atoms with E-state index in [1.807, 2.05) is 0 Å². The van der Waals surface area contributed by atoms with Crippen molar-refractivity contribution < 1.29 is 0 Å². The van der Waals surface area contributed by atoms with Gasteiger partial charge in [0.05, 0.1) is 0 Å². The van der Waals surface area contributed by atoms with Crippen molar-refractivity contribution in [3.63, 3.8) is 0 Å². The number of para-hydroxylation sites is 1. The first-order chi connectivity index (χ1) is 7.20. The molecular weight excluding hydrogens is 184 g/mol. The maximum absolute atomic E-state index is 3.46. The Morgan fingerprint density at radius 2 is 1.73 bits per heavy atom. The fraction of sp³-hybridized carbons (Fsp3) is 0.538. The number of piperazine rings is 1. The molecule has 15 heavy (non-hydrogen) atoms. The summed E-state index contributed by atoms with van der Waals surface area (Å²) in [7, 11) is 0. The second-order valence-corrected chi connectivity index (χ2v) is 4.55. The molecule has 0 aromatic heterocycles. The van der Waals surface area contributed by atoms with Crippen molar-refractivity contribution in [3.05, 3.63) is 29.8 Å². The average Bonchev–Trinajstić information content (AvgIpc) is 2.20. The number of hydrogen-bond acceptors (Lipinski definition) is 2. The van der Waals surface area contributed by atoms with Crippen LogP contribution in [-0.2, 0) is 0 Å². The van der Waals surface area contributed by atoms with Gasteiger partial charge in [-0.1, -0.05) is 18.2 Å². The van der Waals surface area contributed by atoms with Gasteiger partial charge in [0.2, 0.25) is 0 Å². The van der Waals surface area contributed by atoms with Gasteiger partial charge in [-0.2, -0.15) is 0 Å². The number of benzene rings is 1. The summed E-state index contributed by atoms with van der Waals surface area (Å²) < 4.78 is 0. The molecule has 2 nitrogen and oxygen atoms in total. The molecule has 0 spiro atoms. The smallest absolute Gasteiger partial charge is 0.0401 e. The first-order valence-electron chi connectivity index (χ1n) is 5.75. The SMILES string of the molecule is Cc1ccccc1N1[C@H](C)CNC[C@H]1C. The molecule has 1 aromatic carbocycles. The van der Waals surface area contributed by atoms with Gasteiger partial charge in [-0.05, 0) is 32.4 Å². The Morgan fingerprint density at radius 3 is 2.33 bits per heavy atom. The zero-order valence-corrected chi connectivity index (χ0v) is 9.83. The Morgan fingerprint density at radius 1 is 1.13 bits per heavy atom. The van der Waals surface area contributed by atoms with Crippen LogP contribution in [0.15, 0.2) is 24.3 Å². The van der Waals surface area contributed by atoms with Crippen LogP contribution in [0.3, 0.4) is 0 Å². The van der Waals surface area contributed by atoms with Crippen LogP contribution in [-0.4, -0.2) is 25.2 Å². The van der Waals surface area contributed by atoms with Gasteiger partial charge < -0.3 is 10.2 Å². The van der Waals surface area contributed by atoms with Crippen LogP contribution in [0, 0.1) is 6.92 Å². The van der Waals surface area contributed by atoms with Gasteiger partial charge in [-0.25, -0.2) is 0 Å². The average molecular weight is 204 g/mol. The minimum Gasteiger partial charge on any atom is -0.363 e. The van der Waals surface area contributed by atoms with E-state index < -0.39 is 0 Å². The zero-order valence-electron chi connectivity index (χ0n) is 9.83. The fourth-order valence-corrected chi connectivity index (χ4v) is 2.46. The molecule has 2 rings (SSSR count). The Kier molecular flexibility index (Phi) is 2.96. The predicted molar refractivity (Wildman–Crippen MR) is 65.5 cm³/mol. The molecule has 1 saturated heterocycles. The summed E-state index contributed by atoms with van der Waals surface area (Å²) in [6.45, 7) is 8.93. The van der Waals surface area contributed by atoms with Crippen LogP contribution in [0.1, 0.15) is 19.4 Å². The van der Waals surface area contributed by atoms with Gasteiger partial charge in [0.1, 0.15) is 0 Å². The molecule has 1 aromatic rings. The monoisotopic (exact) mass is 204 g/mol. The third-order valence-electron chi connectivity index (χ3n) is 3.22. The van der Waals surface area contributed by atoms with Crippen molar-refractivity contribution in [1.82, 2.24) is 5.32 Å².